The molecule has 9 rings (SSSR count). The highest BCUT2D eigenvalue weighted by Crippen LogP contribution is 2.55. The van der Waals surface area contributed by atoms with Crippen LogP contribution in [0.3, 0.4) is 0 Å². The van der Waals surface area contributed by atoms with E-state index >= 15 is 0 Å². The Balaban J connectivity index is 1.33. The van der Waals surface area contributed by atoms with Gasteiger partial charge >= 0.3 is 0 Å². The summed E-state index contributed by atoms with van der Waals surface area (Å²) in [6.07, 6.45) is 6.67. The number of amides is 1. The van der Waals surface area contributed by atoms with Crippen LogP contribution in [-0.2, 0) is 22.0 Å². The van der Waals surface area contributed by atoms with Gasteiger partial charge in [0.25, 0.3) is 21.7 Å². The number of benzene rings is 2. The van der Waals surface area contributed by atoms with Gasteiger partial charge < -0.3 is 10.1 Å². The summed E-state index contributed by atoms with van der Waals surface area (Å²) in [6.45, 7) is 1.76. The first-order valence-corrected chi connectivity index (χ1v) is 16.5. The molecule has 1 saturated heterocycles. The van der Waals surface area contributed by atoms with Crippen LogP contribution in [0.1, 0.15) is 69.9 Å². The van der Waals surface area contributed by atoms with E-state index in [0.29, 0.717) is 34.3 Å². The Morgan fingerprint density at radius 1 is 1.10 bits per heavy atom. The molecule has 6 heterocycles. The summed E-state index contributed by atoms with van der Waals surface area (Å²) in [4.78, 5) is 33.0. The number of nitrogens with zero attached hydrogens (tertiary/aromatic N) is 6. The topological polar surface area (TPSA) is 181 Å². The first-order valence-electron chi connectivity index (χ1n) is 15.0. The van der Waals surface area contributed by atoms with Gasteiger partial charge in [0.1, 0.15) is 5.56 Å². The summed E-state index contributed by atoms with van der Waals surface area (Å²) in [5.74, 6) is 5.37. The van der Waals surface area contributed by atoms with E-state index in [1.165, 1.54) is 16.9 Å². The first kappa shape index (κ1) is 29.6. The van der Waals surface area contributed by atoms with Crippen molar-refractivity contribution in [1.82, 2.24) is 34.3 Å². The Hall–Kier alpha value is -5.82. The average molecular weight is 662 g/mol. The van der Waals surface area contributed by atoms with Crippen LogP contribution in [0.5, 0.6) is 0 Å². The van der Waals surface area contributed by atoms with Crippen molar-refractivity contribution in [3.63, 3.8) is 0 Å². The van der Waals surface area contributed by atoms with Crippen molar-refractivity contribution in [1.29, 1.82) is 0 Å². The predicted octanol–water partition coefficient (Wildman–Crippen LogP) is 2.79. The molecule has 1 fully saturated rings. The molecule has 3 aliphatic rings. The Labute approximate surface area is 273 Å². The number of hydrogen-bond donors (Lipinski definition) is 3. The predicted molar refractivity (Wildman–Crippen MR) is 176 cm³/mol. The molecule has 0 radical (unpaired) electrons. The largest absolute Gasteiger partial charge is 0.365 e. The number of fused-ring (bicyclic) bond motifs is 1. The number of pyridine rings is 1. The maximum absolute atomic E-state index is 14.8. The monoisotopic (exact) mass is 661 g/mol. The molecule has 2 aromatic carbocycles. The lowest BCUT2D eigenvalue weighted by Gasteiger charge is -2.44. The van der Waals surface area contributed by atoms with Gasteiger partial charge in [0.05, 0.1) is 41.1 Å². The Morgan fingerprint density at radius 3 is 2.62 bits per heavy atom. The van der Waals surface area contributed by atoms with Crippen molar-refractivity contribution in [2.45, 2.75) is 31.6 Å². The van der Waals surface area contributed by atoms with Crippen LogP contribution in [0.25, 0.3) is 22.1 Å². The van der Waals surface area contributed by atoms with E-state index in [1.54, 1.807) is 34.6 Å². The molecule has 3 atom stereocenters. The number of aryl methyl sites for hydroxylation is 1. The molecule has 240 valence electrons. The van der Waals surface area contributed by atoms with Crippen molar-refractivity contribution in [2.75, 3.05) is 4.72 Å². The van der Waals surface area contributed by atoms with Crippen molar-refractivity contribution < 1.29 is 17.9 Å². The number of aromatic nitrogens is 6. The van der Waals surface area contributed by atoms with E-state index in [0.717, 1.165) is 16.5 Å². The smallest absolute Gasteiger partial charge is 0.297 e. The minimum Gasteiger partial charge on any atom is -0.365 e. The molecule has 48 heavy (non-hydrogen) atoms. The standard InChI is InChI=1S/C33H27N9O5S/c1-18(37-32(43)28-30(39-48(34,45)46)38-41-14-6-13-35-31(28)41)29-27-24-15-23(47-24)22-12-11-20(10-9-19-16-36-40(2)17-19)25(26(22)27)33(44)42(29)21-7-4-3-5-8-21/h3-8,11-14,16-18,23-24H,15H2,1-2H3,(H,37,43)(H,38,39)(H2,34,45,46). The molecule has 4 aromatic heterocycles. The van der Waals surface area contributed by atoms with Crippen LogP contribution in [0.2, 0.25) is 0 Å². The third kappa shape index (κ3) is 4.82. The van der Waals surface area contributed by atoms with Crippen molar-refractivity contribution in [3.05, 3.63) is 117 Å². The second kappa shape index (κ2) is 10.9. The molecule has 2 bridgehead atoms. The highest BCUT2D eigenvalue weighted by molar-refractivity contribution is 7.90. The lowest BCUT2D eigenvalue weighted by Crippen LogP contribution is -2.38. The van der Waals surface area contributed by atoms with Gasteiger partial charge in [-0.25, -0.2) is 14.6 Å². The van der Waals surface area contributed by atoms with Crippen LogP contribution in [0, 0.1) is 11.8 Å². The number of hydrogen-bond acceptors (Lipinski definition) is 8. The number of nitrogens with one attached hydrogen (secondary N) is 2. The normalized spacial score (nSPS) is 17.0. The molecule has 15 heteroatoms. The maximum atomic E-state index is 14.8. The molecule has 3 unspecified atom stereocenters. The van der Waals surface area contributed by atoms with Crippen LogP contribution in [-0.4, -0.2) is 43.3 Å². The van der Waals surface area contributed by atoms with Crippen molar-refractivity contribution in [2.24, 2.45) is 12.2 Å². The average Bonchev–Trinajstić information content (AvgIpc) is 3.62. The number of rotatable bonds is 6. The number of carbonyl (C=O) groups excluding carboxylic acids is 1. The van der Waals surface area contributed by atoms with Gasteiger partial charge in [-0.15, -0.1) is 5.10 Å². The van der Waals surface area contributed by atoms with Crippen LogP contribution >= 0.6 is 0 Å². The molecule has 4 N–H and O–H groups in total. The highest BCUT2D eigenvalue weighted by Gasteiger charge is 2.44. The molecule has 6 aromatic rings. The SMILES string of the molecule is CC(NC(=O)c1c(NS(N)(=O)=O)nn2cccnc12)c1c2c3c(ccc(C#Cc4cnn(C)c4)c3c(=O)n1-c1ccccc1)C1CC2O1. The fourth-order valence-electron chi connectivity index (χ4n) is 6.59. The third-order valence-corrected chi connectivity index (χ3v) is 9.02. The summed E-state index contributed by atoms with van der Waals surface area (Å²) in [6, 6.07) is 13.8. The van der Waals surface area contributed by atoms with E-state index in [4.69, 9.17) is 9.88 Å². The van der Waals surface area contributed by atoms with Gasteiger partial charge in [-0.1, -0.05) is 36.1 Å². The lowest BCUT2D eigenvalue weighted by molar-refractivity contribution is -0.135. The van der Waals surface area contributed by atoms with Crippen LogP contribution in [0.4, 0.5) is 5.82 Å². The third-order valence-electron chi connectivity index (χ3n) is 8.55. The van der Waals surface area contributed by atoms with E-state index in [9.17, 15) is 18.0 Å². The Kier molecular flexibility index (Phi) is 6.70. The summed E-state index contributed by atoms with van der Waals surface area (Å²) in [5.41, 5.74) is 3.73. The molecule has 2 aliphatic heterocycles. The van der Waals surface area contributed by atoms with E-state index in [2.05, 4.69) is 37.1 Å². The van der Waals surface area contributed by atoms with Gasteiger partial charge in [-0.2, -0.15) is 13.5 Å². The summed E-state index contributed by atoms with van der Waals surface area (Å²) in [7, 11) is -2.47. The number of carbonyl (C=O) groups is 1. The summed E-state index contributed by atoms with van der Waals surface area (Å²) < 4.78 is 36.9. The summed E-state index contributed by atoms with van der Waals surface area (Å²) >= 11 is 0. The molecule has 0 spiro atoms. The van der Waals surface area contributed by atoms with Gasteiger partial charge in [0.15, 0.2) is 11.5 Å². The number of anilines is 1. The molecule has 14 nitrogen and oxygen atoms in total. The van der Waals surface area contributed by atoms with Crippen molar-refractivity contribution in [3.8, 4) is 17.5 Å². The second-order valence-electron chi connectivity index (χ2n) is 11.7. The maximum Gasteiger partial charge on any atom is 0.297 e. The van der Waals surface area contributed by atoms with Gasteiger partial charge in [-0.3, -0.25) is 23.6 Å². The molecule has 1 amide bonds. The fourth-order valence-corrected chi connectivity index (χ4v) is 7.00. The van der Waals surface area contributed by atoms with Crippen LogP contribution < -0.4 is 20.7 Å². The Bertz CT molecular complexity index is 2540. The lowest BCUT2D eigenvalue weighted by atomic mass is 9.78. The molecule has 0 saturated carbocycles. The highest BCUT2D eigenvalue weighted by atomic mass is 32.2. The second-order valence-corrected chi connectivity index (χ2v) is 13.0. The minimum absolute atomic E-state index is 0.109. The fraction of sp³-hybridized carbons (Fsp3) is 0.182. The summed E-state index contributed by atoms with van der Waals surface area (Å²) in [5, 5.41) is 17.8. The minimum atomic E-state index is -4.28. The quantitative estimate of drug-likeness (QED) is 0.228. The molecular weight excluding hydrogens is 634 g/mol. The van der Waals surface area contributed by atoms with Crippen molar-refractivity contribution >= 4 is 38.4 Å². The zero-order valence-electron chi connectivity index (χ0n) is 25.6. The zero-order chi connectivity index (χ0) is 33.3. The van der Waals surface area contributed by atoms with Gasteiger partial charge in [0.2, 0.25) is 0 Å². The Morgan fingerprint density at radius 2 is 1.90 bits per heavy atom. The van der Waals surface area contributed by atoms with Gasteiger partial charge in [-0.05, 0) is 36.8 Å². The molecular formula is C33H27N9O5S. The number of ether oxygens (including phenoxy) is 1. The van der Waals surface area contributed by atoms with Crippen LogP contribution in [0.15, 0.2) is 78.1 Å². The first-order chi connectivity index (χ1) is 23.1. The van der Waals surface area contributed by atoms with E-state index in [-0.39, 0.29) is 34.8 Å². The van der Waals surface area contributed by atoms with E-state index < -0.39 is 22.2 Å². The number of para-hydroxylation sites is 1. The molecule has 1 aliphatic carbocycles. The number of nitrogens with two attached hydrogens (primary N) is 1. The zero-order valence-corrected chi connectivity index (χ0v) is 26.4. The van der Waals surface area contributed by atoms with Gasteiger partial charge in [0, 0.05) is 54.3 Å². The van der Waals surface area contributed by atoms with E-state index in [1.807, 2.05) is 49.5 Å².